The highest BCUT2D eigenvalue weighted by Gasteiger charge is 2.18. The third-order valence-electron chi connectivity index (χ3n) is 8.20. The van der Waals surface area contributed by atoms with E-state index in [9.17, 15) is 0 Å². The van der Waals surface area contributed by atoms with E-state index in [2.05, 4.69) is 178 Å². The number of fused-ring (bicyclic) bond motifs is 1. The summed E-state index contributed by atoms with van der Waals surface area (Å²) in [4.78, 5) is 2.25. The van der Waals surface area contributed by atoms with Gasteiger partial charge in [0.15, 0.2) is 0 Å². The van der Waals surface area contributed by atoms with Crippen molar-refractivity contribution in [3.05, 3.63) is 192 Å². The molecule has 222 valence electrons. The first-order valence-electron chi connectivity index (χ1n) is 15.5. The van der Waals surface area contributed by atoms with Gasteiger partial charge < -0.3 is 4.90 Å². The zero-order valence-corrected chi connectivity index (χ0v) is 26.6. The van der Waals surface area contributed by atoms with Gasteiger partial charge in [-0.1, -0.05) is 147 Å². The van der Waals surface area contributed by atoms with Gasteiger partial charge in [-0.15, -0.1) is 0 Å². The molecule has 0 N–H and O–H groups in total. The molecule has 0 aromatic heterocycles. The molecule has 0 aliphatic carbocycles. The Bertz CT molecular complexity index is 1860. The number of hydrogen-bond donors (Lipinski definition) is 0. The number of nitrogens with zero attached hydrogens (tertiary/aromatic N) is 1. The molecule has 1 aliphatic rings. The van der Waals surface area contributed by atoms with Crippen molar-refractivity contribution >= 4 is 23.5 Å². The number of benzene rings is 3. The number of rotatable bonds is 6. The molecule has 0 amide bonds. The Kier molecular flexibility index (Phi) is 10.2. The highest BCUT2D eigenvalue weighted by molar-refractivity contribution is 5.82. The minimum atomic E-state index is 0.820. The summed E-state index contributed by atoms with van der Waals surface area (Å²) >= 11 is 0. The fraction of sp³-hybridized carbons (Fsp3) is 0.0909. The molecule has 0 unspecified atom stereocenters. The van der Waals surface area contributed by atoms with Crippen molar-refractivity contribution < 1.29 is 0 Å². The monoisotopic (exact) mass is 583 g/mol. The lowest BCUT2D eigenvalue weighted by atomic mass is 9.93. The summed E-state index contributed by atoms with van der Waals surface area (Å²) in [6.45, 7) is 14.7. The highest BCUT2D eigenvalue weighted by Crippen LogP contribution is 2.39. The van der Waals surface area contributed by atoms with Gasteiger partial charge in [0.1, 0.15) is 0 Å². The van der Waals surface area contributed by atoms with E-state index in [1.54, 1.807) is 0 Å². The molecule has 5 rings (SSSR count). The normalized spacial score (nSPS) is 14.3. The maximum atomic E-state index is 4.42. The lowest BCUT2D eigenvalue weighted by molar-refractivity contribution is 1.17. The molecule has 4 aromatic rings. The number of hydrogen-bond acceptors (Lipinski definition) is 1. The van der Waals surface area contributed by atoms with Gasteiger partial charge in [0.2, 0.25) is 0 Å². The van der Waals surface area contributed by atoms with Gasteiger partial charge in [-0.2, -0.15) is 0 Å². The van der Waals surface area contributed by atoms with Crippen LogP contribution in [0.4, 0.5) is 11.4 Å². The summed E-state index contributed by atoms with van der Waals surface area (Å²) in [6, 6.07) is 37.0. The Hall–Kier alpha value is -5.40. The van der Waals surface area contributed by atoms with Gasteiger partial charge >= 0.3 is 0 Å². The fourth-order valence-corrected chi connectivity index (χ4v) is 5.73. The molecule has 0 fully saturated rings. The third kappa shape index (κ3) is 7.22. The van der Waals surface area contributed by atoms with Gasteiger partial charge in [0.25, 0.3) is 0 Å². The lowest BCUT2D eigenvalue weighted by Gasteiger charge is -2.28. The Morgan fingerprint density at radius 2 is 1.42 bits per heavy atom. The van der Waals surface area contributed by atoms with Crippen molar-refractivity contribution in [2.75, 3.05) is 4.90 Å². The van der Waals surface area contributed by atoms with Gasteiger partial charge in [-0.25, -0.2) is 0 Å². The summed E-state index contributed by atoms with van der Waals surface area (Å²) in [5.74, 6) is 0. The van der Waals surface area contributed by atoms with Crippen molar-refractivity contribution in [1.29, 1.82) is 0 Å². The van der Waals surface area contributed by atoms with E-state index in [-0.39, 0.29) is 0 Å². The SMILES string of the molecule is C=C/C=C\c1ccc(-c2ccc(-c3cccc4c3C/C=C\C=C/C(=C)N4c3ccccc3)cc2)cccc(C)c(C)c1/C=C\C. The van der Waals surface area contributed by atoms with Gasteiger partial charge in [0, 0.05) is 11.4 Å². The summed E-state index contributed by atoms with van der Waals surface area (Å²) in [5.41, 5.74) is 14.0. The maximum absolute atomic E-state index is 4.42. The van der Waals surface area contributed by atoms with E-state index >= 15 is 0 Å². The third-order valence-corrected chi connectivity index (χ3v) is 8.20. The van der Waals surface area contributed by atoms with Crippen molar-refractivity contribution in [1.82, 2.24) is 0 Å². The Morgan fingerprint density at radius 1 is 0.711 bits per heavy atom. The molecule has 4 aromatic carbocycles. The second-order valence-corrected chi connectivity index (χ2v) is 11.1. The number of anilines is 2. The zero-order chi connectivity index (χ0) is 31.6. The van der Waals surface area contributed by atoms with Crippen LogP contribution in [-0.4, -0.2) is 0 Å². The van der Waals surface area contributed by atoms with E-state index in [0.29, 0.717) is 0 Å². The number of aryl methyl sites for hydroxylation is 1. The molecular formula is C44H41N. The van der Waals surface area contributed by atoms with Crippen LogP contribution < -0.4 is 4.90 Å². The number of para-hydroxylation sites is 1. The second-order valence-electron chi connectivity index (χ2n) is 11.1. The van der Waals surface area contributed by atoms with Crippen molar-refractivity contribution in [2.24, 2.45) is 0 Å². The molecular weight excluding hydrogens is 542 g/mol. The summed E-state index contributed by atoms with van der Waals surface area (Å²) in [6.07, 6.45) is 19.5. The Balaban J connectivity index is 1.61. The molecule has 0 radical (unpaired) electrons. The molecule has 0 bridgehead atoms. The smallest absolute Gasteiger partial charge is 0.0502 e. The summed E-state index contributed by atoms with van der Waals surface area (Å²) in [7, 11) is 0. The number of allylic oxidation sites excluding steroid dienone is 7. The van der Waals surface area contributed by atoms with Crippen LogP contribution in [0.2, 0.25) is 0 Å². The van der Waals surface area contributed by atoms with E-state index < -0.39 is 0 Å². The van der Waals surface area contributed by atoms with Crippen LogP contribution in [0.5, 0.6) is 0 Å². The van der Waals surface area contributed by atoms with E-state index in [1.807, 2.05) is 18.2 Å². The van der Waals surface area contributed by atoms with Gasteiger partial charge in [-0.05, 0) is 102 Å². The highest BCUT2D eigenvalue weighted by atomic mass is 15.1. The minimum absolute atomic E-state index is 0.820. The Morgan fingerprint density at radius 3 is 2.18 bits per heavy atom. The molecule has 0 saturated heterocycles. The first kappa shape index (κ1) is 31.0. The van der Waals surface area contributed by atoms with Crippen LogP contribution in [0, 0.1) is 13.8 Å². The Labute approximate surface area is 269 Å². The van der Waals surface area contributed by atoms with E-state index in [1.165, 1.54) is 33.4 Å². The van der Waals surface area contributed by atoms with E-state index in [4.69, 9.17) is 0 Å². The first-order valence-corrected chi connectivity index (χ1v) is 15.5. The molecule has 1 heteroatoms. The maximum Gasteiger partial charge on any atom is 0.0502 e. The van der Waals surface area contributed by atoms with E-state index in [0.717, 1.165) is 40.2 Å². The topological polar surface area (TPSA) is 3.24 Å². The van der Waals surface area contributed by atoms with Crippen LogP contribution in [0.3, 0.4) is 0 Å². The van der Waals surface area contributed by atoms with Gasteiger partial charge in [0.05, 0.1) is 5.69 Å². The predicted molar refractivity (Wildman–Crippen MR) is 198 cm³/mol. The molecule has 0 spiro atoms. The average molecular weight is 584 g/mol. The molecule has 1 aliphatic heterocycles. The molecule has 1 nitrogen and oxygen atoms in total. The fourth-order valence-electron chi connectivity index (χ4n) is 5.73. The first-order chi connectivity index (χ1) is 22.0. The largest absolute Gasteiger partial charge is 0.311 e. The van der Waals surface area contributed by atoms with Crippen molar-refractivity contribution in [2.45, 2.75) is 27.2 Å². The summed E-state index contributed by atoms with van der Waals surface area (Å²) < 4.78 is 0. The average Bonchev–Trinajstić information content (AvgIpc) is 3.14. The van der Waals surface area contributed by atoms with Crippen molar-refractivity contribution in [3.8, 4) is 22.3 Å². The lowest BCUT2D eigenvalue weighted by Crippen LogP contribution is -2.16. The van der Waals surface area contributed by atoms with Crippen LogP contribution in [0.1, 0.15) is 34.7 Å². The molecule has 45 heavy (non-hydrogen) atoms. The molecule has 0 atom stereocenters. The van der Waals surface area contributed by atoms with Crippen LogP contribution >= 0.6 is 0 Å². The zero-order valence-electron chi connectivity index (χ0n) is 26.6. The molecule has 1 heterocycles. The minimum Gasteiger partial charge on any atom is -0.311 e. The summed E-state index contributed by atoms with van der Waals surface area (Å²) in [5, 5.41) is 0. The van der Waals surface area contributed by atoms with Gasteiger partial charge in [-0.3, -0.25) is 0 Å². The predicted octanol–water partition coefficient (Wildman–Crippen LogP) is 12.3. The second kappa shape index (κ2) is 14.9. The van der Waals surface area contributed by atoms with Crippen LogP contribution in [0.15, 0.2) is 165 Å². The van der Waals surface area contributed by atoms with Crippen molar-refractivity contribution in [3.63, 3.8) is 0 Å². The van der Waals surface area contributed by atoms with Crippen LogP contribution in [-0.2, 0) is 6.42 Å². The standard InChI is InChI=1S/C44H41N/c1-6-8-20-38-30-27-36(21-15-18-33(3)35(5)41(38)17-7-2)37-28-31-39(32-29-37)42-25-16-26-44-43(42)24-14-9-11-19-34(4)45(44)40-22-12-10-13-23-40/h6-23,25-32H,1,4,24H2,2-3,5H3/b14-9-,17-7-,18-15?,19-11-,20-8-,21-15?,30-27?,33-18?,35-33?,36-21?,36-27?,38-30?,41-35?,41-38?. The quantitative estimate of drug-likeness (QED) is 0.204. The molecule has 0 saturated carbocycles. The van der Waals surface area contributed by atoms with Crippen LogP contribution in [0.25, 0.3) is 34.4 Å².